The molecule has 1 aliphatic carbocycles. The van der Waals surface area contributed by atoms with Crippen molar-refractivity contribution in [3.63, 3.8) is 0 Å². The maximum Gasteiger partial charge on any atom is 0.416 e. The van der Waals surface area contributed by atoms with E-state index in [-0.39, 0.29) is 6.29 Å². The second-order valence-electron chi connectivity index (χ2n) is 10.1. The molecule has 0 amide bonds. The quantitative estimate of drug-likeness (QED) is 0.217. The molecule has 0 saturated carbocycles. The summed E-state index contributed by atoms with van der Waals surface area (Å²) in [6.45, 7) is 1.13. The largest absolute Gasteiger partial charge is 0.489 e. The first kappa shape index (κ1) is 27.0. The van der Waals surface area contributed by atoms with Crippen LogP contribution in [0.1, 0.15) is 47.1 Å². The molecule has 0 bridgehead atoms. The number of benzene rings is 4. The van der Waals surface area contributed by atoms with Gasteiger partial charge in [-0.2, -0.15) is 13.2 Å². The number of hydrogen-bond acceptors (Lipinski definition) is 4. The van der Waals surface area contributed by atoms with E-state index >= 15 is 0 Å². The average Bonchev–Trinajstić information content (AvgIpc) is 3.35. The fourth-order valence-corrected chi connectivity index (χ4v) is 5.07. The zero-order valence-corrected chi connectivity index (χ0v) is 22.3. The summed E-state index contributed by atoms with van der Waals surface area (Å²) in [5.41, 5.74) is 3.71. The van der Waals surface area contributed by atoms with Gasteiger partial charge in [-0.1, -0.05) is 42.5 Å². The van der Waals surface area contributed by atoms with Gasteiger partial charge in [-0.05, 0) is 84.1 Å². The van der Waals surface area contributed by atoms with Gasteiger partial charge in [-0.3, -0.25) is 0 Å². The molecule has 0 spiro atoms. The topological polar surface area (TPSA) is 36.9 Å². The second-order valence-corrected chi connectivity index (χ2v) is 10.1. The zero-order chi connectivity index (χ0) is 28.2. The van der Waals surface area contributed by atoms with Crippen molar-refractivity contribution in [2.75, 3.05) is 6.61 Å². The Kier molecular flexibility index (Phi) is 7.70. The molecule has 1 unspecified atom stereocenters. The molecule has 41 heavy (non-hydrogen) atoms. The first-order chi connectivity index (χ1) is 19.9. The molecule has 210 valence electrons. The maximum atomic E-state index is 13.2. The summed E-state index contributed by atoms with van der Waals surface area (Å²) in [4.78, 5) is 0. The predicted molar refractivity (Wildman–Crippen MR) is 150 cm³/mol. The third kappa shape index (κ3) is 6.41. The van der Waals surface area contributed by atoms with Crippen molar-refractivity contribution in [3.8, 4) is 17.2 Å². The van der Waals surface area contributed by atoms with E-state index in [0.29, 0.717) is 48.2 Å². The lowest BCUT2D eigenvalue weighted by Crippen LogP contribution is -2.24. The van der Waals surface area contributed by atoms with Crippen molar-refractivity contribution >= 4 is 11.3 Å². The summed E-state index contributed by atoms with van der Waals surface area (Å²) >= 11 is 0. The number of alkyl halides is 3. The Morgan fingerprint density at radius 2 is 1.51 bits per heavy atom. The molecule has 1 heterocycles. The van der Waals surface area contributed by atoms with Crippen molar-refractivity contribution in [2.24, 2.45) is 0 Å². The minimum Gasteiger partial charge on any atom is -0.489 e. The molecule has 4 nitrogen and oxygen atoms in total. The highest BCUT2D eigenvalue weighted by Crippen LogP contribution is 2.42. The van der Waals surface area contributed by atoms with Gasteiger partial charge in [0.05, 0.1) is 12.2 Å². The lowest BCUT2D eigenvalue weighted by Gasteiger charge is -2.23. The third-order valence-electron chi connectivity index (χ3n) is 7.22. The van der Waals surface area contributed by atoms with Crippen molar-refractivity contribution < 1.29 is 32.1 Å². The number of allylic oxidation sites excluding steroid dienone is 1. The normalized spacial score (nSPS) is 16.8. The molecule has 1 saturated heterocycles. The van der Waals surface area contributed by atoms with Crippen molar-refractivity contribution in [1.29, 1.82) is 0 Å². The predicted octanol–water partition coefficient (Wildman–Crippen LogP) is 8.69. The molecule has 4 aromatic carbocycles. The Labute approximate surface area is 237 Å². The first-order valence-electron chi connectivity index (χ1n) is 13.7. The third-order valence-corrected chi connectivity index (χ3v) is 7.22. The van der Waals surface area contributed by atoms with Crippen LogP contribution < -0.4 is 14.2 Å². The second kappa shape index (κ2) is 11.7. The van der Waals surface area contributed by atoms with E-state index in [4.69, 9.17) is 18.9 Å². The Balaban J connectivity index is 1.26. The van der Waals surface area contributed by atoms with Crippen LogP contribution >= 0.6 is 0 Å². The van der Waals surface area contributed by atoms with Gasteiger partial charge in [0, 0.05) is 24.0 Å². The standard InChI is InChI=1S/C34H29F3O4/c35-34(36,37)26-11-9-24(10-12-26)31-21-25-20-29(39-22-23-6-2-1-3-7-23)17-18-30(25)33(31)41-28-15-13-27(14-16-28)40-32-8-4-5-19-38-32/h1-3,6-7,9-18,20,32H,4-5,8,19,21-22H2. The van der Waals surface area contributed by atoms with Crippen LogP contribution in [0, 0.1) is 0 Å². The highest BCUT2D eigenvalue weighted by Gasteiger charge is 2.31. The van der Waals surface area contributed by atoms with E-state index in [1.807, 2.05) is 72.8 Å². The van der Waals surface area contributed by atoms with E-state index in [0.717, 1.165) is 53.7 Å². The van der Waals surface area contributed by atoms with Crippen LogP contribution in [0.25, 0.3) is 11.3 Å². The van der Waals surface area contributed by atoms with Crippen LogP contribution in [-0.4, -0.2) is 12.9 Å². The fourth-order valence-electron chi connectivity index (χ4n) is 5.07. The summed E-state index contributed by atoms with van der Waals surface area (Å²) in [7, 11) is 0. The molecule has 0 N–H and O–H groups in total. The highest BCUT2D eigenvalue weighted by atomic mass is 19.4. The number of ether oxygens (including phenoxy) is 4. The summed E-state index contributed by atoms with van der Waals surface area (Å²) in [5, 5.41) is 0. The van der Waals surface area contributed by atoms with Crippen molar-refractivity contribution in [1.82, 2.24) is 0 Å². The van der Waals surface area contributed by atoms with E-state index < -0.39 is 11.7 Å². The van der Waals surface area contributed by atoms with Crippen molar-refractivity contribution in [3.05, 3.63) is 125 Å². The van der Waals surface area contributed by atoms with E-state index in [2.05, 4.69) is 0 Å². The molecular weight excluding hydrogens is 529 g/mol. The lowest BCUT2D eigenvalue weighted by atomic mass is 10.0. The van der Waals surface area contributed by atoms with Gasteiger partial charge in [-0.25, -0.2) is 0 Å². The first-order valence-corrected chi connectivity index (χ1v) is 13.7. The monoisotopic (exact) mass is 558 g/mol. The van der Waals surface area contributed by atoms with Crippen LogP contribution in [-0.2, 0) is 23.9 Å². The van der Waals surface area contributed by atoms with Gasteiger partial charge in [0.2, 0.25) is 0 Å². The molecule has 6 rings (SSSR count). The van der Waals surface area contributed by atoms with E-state index in [1.54, 1.807) is 0 Å². The molecule has 0 aromatic heterocycles. The number of halogens is 3. The van der Waals surface area contributed by atoms with Crippen LogP contribution in [0.4, 0.5) is 13.2 Å². The molecule has 1 fully saturated rings. The fraction of sp³-hybridized carbons (Fsp3) is 0.235. The summed E-state index contributed by atoms with van der Waals surface area (Å²) in [6, 6.07) is 28.2. The van der Waals surface area contributed by atoms with Crippen LogP contribution in [0.2, 0.25) is 0 Å². The average molecular weight is 559 g/mol. The molecule has 1 atom stereocenters. The smallest absolute Gasteiger partial charge is 0.416 e. The SMILES string of the molecule is FC(F)(F)c1ccc(C2=C(Oc3ccc(OC4CCCCO4)cc3)c3ccc(OCc4ccccc4)cc3C2)cc1. The Morgan fingerprint density at radius 1 is 0.780 bits per heavy atom. The summed E-state index contributed by atoms with van der Waals surface area (Å²) in [5.74, 6) is 2.61. The van der Waals surface area contributed by atoms with Gasteiger partial charge in [0.25, 0.3) is 0 Å². The van der Waals surface area contributed by atoms with Crippen molar-refractivity contribution in [2.45, 2.75) is 44.8 Å². The molecular formula is C34H29F3O4. The minimum absolute atomic E-state index is 0.246. The molecule has 4 aromatic rings. The maximum absolute atomic E-state index is 13.2. The zero-order valence-electron chi connectivity index (χ0n) is 22.3. The molecule has 2 aliphatic rings. The summed E-state index contributed by atoms with van der Waals surface area (Å²) in [6.07, 6.45) is -1.17. The van der Waals surface area contributed by atoms with E-state index in [9.17, 15) is 13.2 Å². The molecule has 0 radical (unpaired) electrons. The number of hydrogen-bond donors (Lipinski definition) is 0. The Morgan fingerprint density at radius 3 is 2.22 bits per heavy atom. The number of rotatable bonds is 8. The van der Waals surface area contributed by atoms with Crippen LogP contribution in [0.15, 0.2) is 97.1 Å². The van der Waals surface area contributed by atoms with Gasteiger partial charge in [0.1, 0.15) is 29.6 Å². The Hall–Kier alpha value is -4.23. The van der Waals surface area contributed by atoms with Crippen LogP contribution in [0.5, 0.6) is 17.2 Å². The minimum atomic E-state index is -4.40. The van der Waals surface area contributed by atoms with Crippen LogP contribution in [0.3, 0.4) is 0 Å². The lowest BCUT2D eigenvalue weighted by molar-refractivity contribution is -0.137. The summed E-state index contributed by atoms with van der Waals surface area (Å²) < 4.78 is 63.7. The van der Waals surface area contributed by atoms with Gasteiger partial charge in [0.15, 0.2) is 6.29 Å². The highest BCUT2D eigenvalue weighted by molar-refractivity contribution is 5.95. The van der Waals surface area contributed by atoms with Gasteiger partial charge >= 0.3 is 6.18 Å². The van der Waals surface area contributed by atoms with E-state index in [1.165, 1.54) is 12.1 Å². The van der Waals surface area contributed by atoms with Gasteiger partial charge < -0.3 is 18.9 Å². The number of fused-ring (bicyclic) bond motifs is 1. The van der Waals surface area contributed by atoms with Gasteiger partial charge in [-0.15, -0.1) is 0 Å². The Bertz CT molecular complexity index is 1500. The molecule has 7 heteroatoms. The molecule has 1 aliphatic heterocycles.